The van der Waals surface area contributed by atoms with Crippen LogP contribution in [0.2, 0.25) is 0 Å². The zero-order valence-corrected chi connectivity index (χ0v) is 19.6. The molecule has 2 aliphatic heterocycles. The summed E-state index contributed by atoms with van der Waals surface area (Å²) in [6.07, 6.45) is -3.05. The van der Waals surface area contributed by atoms with Gasteiger partial charge in [-0.2, -0.15) is 0 Å². The third-order valence-electron chi connectivity index (χ3n) is 6.64. The first-order valence-corrected chi connectivity index (χ1v) is 11.6. The quantitative estimate of drug-likeness (QED) is 0.175. The molecule has 12 heteroatoms. The van der Waals surface area contributed by atoms with Crippen LogP contribution in [0.1, 0.15) is 26.7 Å². The molecule has 11 N–H and O–H groups in total. The van der Waals surface area contributed by atoms with Crippen LogP contribution in [0.5, 0.6) is 0 Å². The van der Waals surface area contributed by atoms with E-state index in [-0.39, 0.29) is 19.2 Å². The Labute approximate surface area is 194 Å². The van der Waals surface area contributed by atoms with E-state index in [2.05, 4.69) is 10.6 Å². The fourth-order valence-corrected chi connectivity index (χ4v) is 4.86. The van der Waals surface area contributed by atoms with Gasteiger partial charge in [0.25, 0.3) is 0 Å². The van der Waals surface area contributed by atoms with Crippen molar-refractivity contribution < 1.29 is 34.3 Å². The average Bonchev–Trinajstić information content (AvgIpc) is 2.76. The van der Waals surface area contributed by atoms with Crippen molar-refractivity contribution in [2.24, 2.45) is 17.2 Å². The maximum atomic E-state index is 11.3. The second-order valence-electron chi connectivity index (χ2n) is 9.31. The molecule has 0 aromatic rings. The van der Waals surface area contributed by atoms with E-state index in [0.717, 1.165) is 0 Å². The number of likely N-dealkylation sites (N-methyl/N-ethyl adjacent to an activating group) is 2. The highest BCUT2D eigenvalue weighted by molar-refractivity contribution is 5.05. The molecule has 33 heavy (non-hydrogen) atoms. The summed E-state index contributed by atoms with van der Waals surface area (Å²) in [5.41, 5.74) is 16.9. The highest BCUT2D eigenvalue weighted by Crippen LogP contribution is 2.31. The van der Waals surface area contributed by atoms with Gasteiger partial charge in [0.15, 0.2) is 6.29 Å². The number of nitrogens with one attached hydrogen (secondary N) is 2. The van der Waals surface area contributed by atoms with E-state index >= 15 is 0 Å². The molecule has 0 bridgehead atoms. The van der Waals surface area contributed by atoms with Crippen molar-refractivity contribution in [1.29, 1.82) is 0 Å². The molecule has 11 atom stereocenters. The monoisotopic (exact) mass is 475 g/mol. The number of ether oxygens (including phenoxy) is 4. The smallest absolute Gasteiger partial charge is 0.215 e. The number of hydrogen-bond donors (Lipinski definition) is 8. The summed E-state index contributed by atoms with van der Waals surface area (Å²) in [4.78, 5) is 0. The summed E-state index contributed by atoms with van der Waals surface area (Å²) in [5, 5.41) is 38.8. The summed E-state index contributed by atoms with van der Waals surface area (Å²) >= 11 is 0. The molecule has 0 unspecified atom stereocenters. The van der Waals surface area contributed by atoms with Crippen LogP contribution in [0.15, 0.2) is 11.8 Å². The molecule has 2 heterocycles. The van der Waals surface area contributed by atoms with Crippen molar-refractivity contribution in [3.05, 3.63) is 11.8 Å². The van der Waals surface area contributed by atoms with Crippen LogP contribution < -0.4 is 27.8 Å². The number of rotatable bonds is 8. The minimum absolute atomic E-state index is 0.0483. The number of aliphatic hydroxyl groups is 3. The van der Waals surface area contributed by atoms with Crippen LogP contribution in [0.3, 0.4) is 0 Å². The SMILES string of the molecule is CCN[C@@H]1C[C@H](N)[C@H](O[C@@H]2OC(CN)=CC[C@@H]2N)[C@H](O)[C@@H]1O[C@@H]1OC[C@](C)(O)[C@H](NC)[C@@H]1O. The first-order valence-electron chi connectivity index (χ1n) is 11.6. The van der Waals surface area contributed by atoms with Crippen LogP contribution in [-0.4, -0.2) is 109 Å². The Morgan fingerprint density at radius 3 is 2.48 bits per heavy atom. The first kappa shape index (κ1) is 26.7. The molecule has 1 saturated carbocycles. The van der Waals surface area contributed by atoms with Crippen molar-refractivity contribution in [2.75, 3.05) is 26.7 Å². The second-order valence-corrected chi connectivity index (χ2v) is 9.31. The molecule has 192 valence electrons. The Hall–Kier alpha value is -0.900. The van der Waals surface area contributed by atoms with Crippen LogP contribution in [0.25, 0.3) is 0 Å². The third-order valence-corrected chi connectivity index (χ3v) is 6.64. The van der Waals surface area contributed by atoms with Gasteiger partial charge in [0.05, 0.1) is 25.2 Å². The summed E-state index contributed by atoms with van der Waals surface area (Å²) in [7, 11) is 1.64. The lowest BCUT2D eigenvalue weighted by molar-refractivity contribution is -0.304. The highest BCUT2D eigenvalue weighted by atomic mass is 16.7. The lowest BCUT2D eigenvalue weighted by Gasteiger charge is -2.49. The van der Waals surface area contributed by atoms with Crippen LogP contribution in [-0.2, 0) is 18.9 Å². The molecule has 1 aliphatic carbocycles. The van der Waals surface area contributed by atoms with Gasteiger partial charge in [-0.1, -0.05) is 6.92 Å². The topological polar surface area (TPSA) is 200 Å². The summed E-state index contributed by atoms with van der Waals surface area (Å²) < 4.78 is 23.6. The Morgan fingerprint density at radius 1 is 1.15 bits per heavy atom. The van der Waals surface area contributed by atoms with Gasteiger partial charge in [0.1, 0.15) is 35.8 Å². The molecule has 0 aromatic carbocycles. The Bertz CT molecular complexity index is 669. The molecule has 0 amide bonds. The number of hydrogen-bond acceptors (Lipinski definition) is 12. The zero-order valence-electron chi connectivity index (χ0n) is 19.6. The van der Waals surface area contributed by atoms with Crippen molar-refractivity contribution in [2.45, 2.75) is 93.5 Å². The third kappa shape index (κ3) is 5.85. The van der Waals surface area contributed by atoms with Gasteiger partial charge < -0.3 is 62.1 Å². The largest absolute Gasteiger partial charge is 0.467 e. The zero-order chi connectivity index (χ0) is 24.3. The molecular weight excluding hydrogens is 434 g/mol. The van der Waals surface area contributed by atoms with E-state index in [1.165, 1.54) is 0 Å². The molecule has 0 radical (unpaired) electrons. The van der Waals surface area contributed by atoms with Crippen LogP contribution in [0.4, 0.5) is 0 Å². The van der Waals surface area contributed by atoms with Gasteiger partial charge in [-0.3, -0.25) is 0 Å². The molecule has 0 aromatic heterocycles. The van der Waals surface area contributed by atoms with Gasteiger partial charge >= 0.3 is 0 Å². The predicted molar refractivity (Wildman–Crippen MR) is 120 cm³/mol. The maximum Gasteiger partial charge on any atom is 0.215 e. The molecule has 3 aliphatic rings. The maximum absolute atomic E-state index is 11.3. The van der Waals surface area contributed by atoms with Crippen LogP contribution in [0, 0.1) is 0 Å². The summed E-state index contributed by atoms with van der Waals surface area (Å²) in [6.45, 7) is 4.30. The highest BCUT2D eigenvalue weighted by Gasteiger charge is 2.51. The van der Waals surface area contributed by atoms with Gasteiger partial charge in [0, 0.05) is 12.1 Å². The predicted octanol–water partition coefficient (Wildman–Crippen LogP) is -3.20. The van der Waals surface area contributed by atoms with Crippen molar-refractivity contribution in [1.82, 2.24) is 10.6 Å². The summed E-state index contributed by atoms with van der Waals surface area (Å²) in [5.74, 6) is 0.572. The van der Waals surface area contributed by atoms with Gasteiger partial charge in [0.2, 0.25) is 6.29 Å². The molecule has 2 fully saturated rings. The van der Waals surface area contributed by atoms with Gasteiger partial charge in [-0.15, -0.1) is 0 Å². The van der Waals surface area contributed by atoms with E-state index in [1.807, 2.05) is 13.0 Å². The Balaban J connectivity index is 1.75. The minimum atomic E-state index is -1.28. The van der Waals surface area contributed by atoms with Crippen LogP contribution >= 0.6 is 0 Å². The van der Waals surface area contributed by atoms with Crippen molar-refractivity contribution in [3.8, 4) is 0 Å². The molecule has 0 spiro atoms. The lowest BCUT2D eigenvalue weighted by Crippen LogP contribution is -2.69. The number of nitrogens with two attached hydrogens (primary N) is 3. The molecule has 12 nitrogen and oxygen atoms in total. The van der Waals surface area contributed by atoms with Gasteiger partial charge in [-0.05, 0) is 39.4 Å². The van der Waals surface area contributed by atoms with E-state index in [0.29, 0.717) is 25.1 Å². The van der Waals surface area contributed by atoms with E-state index in [1.54, 1.807) is 14.0 Å². The fourth-order valence-electron chi connectivity index (χ4n) is 4.86. The number of aliphatic hydroxyl groups excluding tert-OH is 2. The average molecular weight is 476 g/mol. The fraction of sp³-hybridized carbons (Fsp3) is 0.905. The lowest BCUT2D eigenvalue weighted by atomic mass is 9.83. The Morgan fingerprint density at radius 2 is 1.85 bits per heavy atom. The van der Waals surface area contributed by atoms with Gasteiger partial charge in [-0.25, -0.2) is 0 Å². The van der Waals surface area contributed by atoms with E-state index in [4.69, 9.17) is 36.1 Å². The van der Waals surface area contributed by atoms with Crippen molar-refractivity contribution in [3.63, 3.8) is 0 Å². The second kappa shape index (κ2) is 11.2. The van der Waals surface area contributed by atoms with E-state index < -0.39 is 60.7 Å². The minimum Gasteiger partial charge on any atom is -0.467 e. The Kier molecular flexibility index (Phi) is 9.08. The first-order chi connectivity index (χ1) is 15.6. The molecule has 1 saturated heterocycles. The molecule has 3 rings (SSSR count). The normalized spacial score (nSPS) is 46.5. The van der Waals surface area contributed by atoms with Crippen molar-refractivity contribution >= 4 is 0 Å². The van der Waals surface area contributed by atoms with E-state index in [9.17, 15) is 15.3 Å². The molecular formula is C21H41N5O7. The summed E-state index contributed by atoms with van der Waals surface area (Å²) in [6, 6.07) is -1.95. The standard InChI is InChI=1S/C21H41N5O7/c1-4-26-13-7-12(24)16(32-19-11(23)6-5-10(8-22)31-19)14(27)17(13)33-20-15(28)18(25-3)21(2,29)9-30-20/h5,11-20,25-29H,4,6-9,22-24H2,1-3H3/t11-,12-,13+,14-,15-,16-,17+,18+,19-,20-,21-/m0/s1.